The molecule has 2 amide bonds. The van der Waals surface area contributed by atoms with E-state index in [1.807, 2.05) is 38.1 Å². The van der Waals surface area contributed by atoms with Gasteiger partial charge in [0.2, 0.25) is 0 Å². The zero-order valence-corrected chi connectivity index (χ0v) is 16.7. The maximum Gasteiger partial charge on any atom is 0.265 e. The Morgan fingerprint density at radius 2 is 1.89 bits per heavy atom. The molecule has 0 saturated carbocycles. The van der Waals surface area contributed by atoms with E-state index in [0.717, 1.165) is 12.0 Å². The fourth-order valence-electron chi connectivity index (χ4n) is 2.66. The van der Waals surface area contributed by atoms with Crippen molar-refractivity contribution in [1.29, 1.82) is 0 Å². The Labute approximate surface area is 166 Å². The first-order chi connectivity index (χ1) is 13.5. The van der Waals surface area contributed by atoms with Gasteiger partial charge in [0.05, 0.1) is 0 Å². The Balaban J connectivity index is 1.97. The molecular weight excluding hydrogens is 356 g/mol. The van der Waals surface area contributed by atoms with Crippen molar-refractivity contribution in [1.82, 2.24) is 5.32 Å². The van der Waals surface area contributed by atoms with Crippen molar-refractivity contribution >= 4 is 17.5 Å². The number of anilines is 1. The van der Waals surface area contributed by atoms with E-state index in [9.17, 15) is 9.59 Å². The number of carbonyl (C=O) groups excluding carboxylic acids is 2. The number of hydrogen-bond acceptors (Lipinski definition) is 4. The van der Waals surface area contributed by atoms with Crippen molar-refractivity contribution in [2.75, 3.05) is 25.6 Å². The Bertz CT molecular complexity index is 792. The molecule has 2 aromatic carbocycles. The number of nitrogens with one attached hydrogen (secondary N) is 2. The lowest BCUT2D eigenvalue weighted by Crippen LogP contribution is -2.32. The molecule has 0 spiro atoms. The van der Waals surface area contributed by atoms with Crippen molar-refractivity contribution < 1.29 is 19.1 Å². The van der Waals surface area contributed by atoms with Crippen LogP contribution in [-0.4, -0.2) is 38.2 Å². The summed E-state index contributed by atoms with van der Waals surface area (Å²) >= 11 is 0. The van der Waals surface area contributed by atoms with Crippen molar-refractivity contribution in [2.45, 2.75) is 32.8 Å². The van der Waals surface area contributed by atoms with E-state index in [2.05, 4.69) is 10.6 Å². The maximum atomic E-state index is 12.6. The van der Waals surface area contributed by atoms with Crippen LogP contribution >= 0.6 is 0 Å². The molecule has 1 unspecified atom stereocenters. The van der Waals surface area contributed by atoms with Crippen molar-refractivity contribution in [2.24, 2.45) is 0 Å². The molecule has 6 nitrogen and oxygen atoms in total. The third-order valence-electron chi connectivity index (χ3n) is 4.13. The van der Waals surface area contributed by atoms with Crippen molar-refractivity contribution in [3.05, 3.63) is 59.7 Å². The third-order valence-corrected chi connectivity index (χ3v) is 4.13. The molecule has 28 heavy (non-hydrogen) atoms. The molecule has 0 saturated heterocycles. The van der Waals surface area contributed by atoms with Gasteiger partial charge >= 0.3 is 0 Å². The predicted molar refractivity (Wildman–Crippen MR) is 110 cm³/mol. The lowest BCUT2D eigenvalue weighted by atomic mass is 10.1. The Morgan fingerprint density at radius 1 is 1.11 bits per heavy atom. The van der Waals surface area contributed by atoms with Crippen LogP contribution in [0.5, 0.6) is 5.75 Å². The highest BCUT2D eigenvalue weighted by Gasteiger charge is 2.19. The molecule has 0 aromatic heterocycles. The second-order valence-electron chi connectivity index (χ2n) is 6.50. The summed E-state index contributed by atoms with van der Waals surface area (Å²) in [7, 11) is 1.63. The predicted octanol–water partition coefficient (Wildman–Crippen LogP) is 3.56. The summed E-state index contributed by atoms with van der Waals surface area (Å²) in [6.07, 6.45) is 0.653. The topological polar surface area (TPSA) is 76.7 Å². The number of rotatable bonds is 10. The summed E-state index contributed by atoms with van der Waals surface area (Å²) in [5.74, 6) is 0.225. The molecule has 0 radical (unpaired) electrons. The lowest BCUT2D eigenvalue weighted by Gasteiger charge is -2.18. The first-order valence-corrected chi connectivity index (χ1v) is 9.45. The molecule has 2 aromatic rings. The van der Waals surface area contributed by atoms with Gasteiger partial charge in [-0.15, -0.1) is 0 Å². The standard InChI is InChI=1S/C22H28N2O4/c1-4-20(28-19-11-5-8-16(2)14-19)22(26)24-18-10-6-9-17(15-18)21(25)23-12-7-13-27-3/h5-6,8-11,14-15,20H,4,7,12-13H2,1-3H3,(H,23,25)(H,24,26). The molecule has 0 fully saturated rings. The van der Waals surface area contributed by atoms with E-state index in [-0.39, 0.29) is 11.8 Å². The van der Waals surface area contributed by atoms with Gasteiger partial charge < -0.3 is 20.1 Å². The Kier molecular flexibility index (Phi) is 8.49. The van der Waals surface area contributed by atoms with Crippen LogP contribution in [0.15, 0.2) is 48.5 Å². The Hall–Kier alpha value is -2.86. The smallest absolute Gasteiger partial charge is 0.265 e. The van der Waals surface area contributed by atoms with Crippen LogP contribution in [0, 0.1) is 6.92 Å². The second kappa shape index (κ2) is 11.1. The average molecular weight is 384 g/mol. The van der Waals surface area contributed by atoms with E-state index in [1.165, 1.54) is 0 Å². The van der Waals surface area contributed by atoms with Crippen LogP contribution in [0.3, 0.4) is 0 Å². The number of hydrogen-bond donors (Lipinski definition) is 2. The van der Waals surface area contributed by atoms with E-state index >= 15 is 0 Å². The molecule has 150 valence electrons. The maximum absolute atomic E-state index is 12.6. The highest BCUT2D eigenvalue weighted by atomic mass is 16.5. The minimum atomic E-state index is -0.617. The minimum Gasteiger partial charge on any atom is -0.481 e. The molecule has 0 aliphatic rings. The fourth-order valence-corrected chi connectivity index (χ4v) is 2.66. The van der Waals surface area contributed by atoms with Crippen LogP contribution in [0.2, 0.25) is 0 Å². The van der Waals surface area contributed by atoms with E-state index in [4.69, 9.17) is 9.47 Å². The number of methoxy groups -OCH3 is 1. The molecule has 6 heteroatoms. The SMILES string of the molecule is CCC(Oc1cccc(C)c1)C(=O)Nc1cccc(C(=O)NCCCOC)c1. The van der Waals surface area contributed by atoms with Crippen molar-refractivity contribution in [3.63, 3.8) is 0 Å². The molecule has 0 aliphatic carbocycles. The first kappa shape index (κ1) is 21.4. The quantitative estimate of drug-likeness (QED) is 0.614. The zero-order chi connectivity index (χ0) is 20.4. The van der Waals surface area contributed by atoms with Gasteiger partial charge in [0.1, 0.15) is 5.75 Å². The van der Waals surface area contributed by atoms with Gasteiger partial charge in [-0.1, -0.05) is 25.1 Å². The summed E-state index contributed by atoms with van der Waals surface area (Å²) in [4.78, 5) is 24.8. The number of amides is 2. The fraction of sp³-hybridized carbons (Fsp3) is 0.364. The first-order valence-electron chi connectivity index (χ1n) is 9.45. The van der Waals surface area contributed by atoms with Gasteiger partial charge in [-0.3, -0.25) is 9.59 Å². The molecule has 2 rings (SSSR count). The highest BCUT2D eigenvalue weighted by Crippen LogP contribution is 2.17. The monoisotopic (exact) mass is 384 g/mol. The number of ether oxygens (including phenoxy) is 2. The number of carbonyl (C=O) groups is 2. The van der Waals surface area contributed by atoms with Crippen LogP contribution in [-0.2, 0) is 9.53 Å². The third kappa shape index (κ3) is 6.70. The van der Waals surface area contributed by atoms with Crippen LogP contribution in [0.1, 0.15) is 35.7 Å². The van der Waals surface area contributed by atoms with E-state index < -0.39 is 6.10 Å². The van der Waals surface area contributed by atoms with Crippen LogP contribution < -0.4 is 15.4 Å². The van der Waals surface area contributed by atoms with Gasteiger partial charge in [0, 0.05) is 31.5 Å². The van der Waals surface area contributed by atoms with Crippen LogP contribution in [0.4, 0.5) is 5.69 Å². The number of benzene rings is 2. The summed E-state index contributed by atoms with van der Waals surface area (Å²) in [5.41, 5.74) is 2.11. The van der Waals surface area contributed by atoms with Gasteiger partial charge in [0.25, 0.3) is 11.8 Å². The summed E-state index contributed by atoms with van der Waals surface area (Å²) in [6, 6.07) is 14.4. The largest absolute Gasteiger partial charge is 0.481 e. The van der Waals surface area contributed by atoms with Gasteiger partial charge in [-0.05, 0) is 55.7 Å². The van der Waals surface area contributed by atoms with Gasteiger partial charge in [0.15, 0.2) is 6.10 Å². The molecular formula is C22H28N2O4. The van der Waals surface area contributed by atoms with E-state index in [0.29, 0.717) is 36.6 Å². The highest BCUT2D eigenvalue weighted by molar-refractivity contribution is 5.98. The summed E-state index contributed by atoms with van der Waals surface area (Å²) in [6.45, 7) is 4.99. The molecule has 1 atom stereocenters. The molecule has 0 aliphatic heterocycles. The summed E-state index contributed by atoms with van der Waals surface area (Å²) < 4.78 is 10.8. The normalized spacial score (nSPS) is 11.5. The lowest BCUT2D eigenvalue weighted by molar-refractivity contribution is -0.122. The molecule has 0 bridgehead atoms. The van der Waals surface area contributed by atoms with E-state index in [1.54, 1.807) is 31.4 Å². The molecule has 2 N–H and O–H groups in total. The Morgan fingerprint density at radius 3 is 2.61 bits per heavy atom. The second-order valence-corrected chi connectivity index (χ2v) is 6.50. The van der Waals surface area contributed by atoms with Gasteiger partial charge in [-0.2, -0.15) is 0 Å². The van der Waals surface area contributed by atoms with Gasteiger partial charge in [-0.25, -0.2) is 0 Å². The zero-order valence-electron chi connectivity index (χ0n) is 16.7. The van der Waals surface area contributed by atoms with Crippen LogP contribution in [0.25, 0.3) is 0 Å². The number of aryl methyl sites for hydroxylation is 1. The summed E-state index contributed by atoms with van der Waals surface area (Å²) in [5, 5.41) is 5.67. The average Bonchev–Trinajstić information content (AvgIpc) is 2.69. The molecule has 0 heterocycles. The minimum absolute atomic E-state index is 0.185. The van der Waals surface area contributed by atoms with Crippen molar-refractivity contribution in [3.8, 4) is 5.75 Å².